The van der Waals surface area contributed by atoms with E-state index in [1.54, 1.807) is 12.3 Å². The number of likely N-dealkylation sites (tertiary alicyclic amines) is 1. The first kappa shape index (κ1) is 12.7. The number of carbonyl (C=O) groups is 2. The van der Waals surface area contributed by atoms with Crippen molar-refractivity contribution in [1.29, 1.82) is 0 Å². The smallest absolute Gasteiger partial charge is 0.326 e. The highest BCUT2D eigenvalue weighted by molar-refractivity contribution is 6.07. The molecule has 2 aromatic rings. The summed E-state index contributed by atoms with van der Waals surface area (Å²) in [4.78, 5) is 28.5. The van der Waals surface area contributed by atoms with E-state index in [0.717, 1.165) is 23.7 Å². The van der Waals surface area contributed by atoms with Gasteiger partial charge in [-0.15, -0.1) is 0 Å². The van der Waals surface area contributed by atoms with Crippen LogP contribution in [-0.2, 0) is 4.79 Å². The van der Waals surface area contributed by atoms with E-state index in [1.807, 2.05) is 18.2 Å². The van der Waals surface area contributed by atoms with Crippen LogP contribution in [0, 0.1) is 0 Å². The van der Waals surface area contributed by atoms with Gasteiger partial charge in [-0.25, -0.2) is 4.79 Å². The zero-order valence-electron chi connectivity index (χ0n) is 11.0. The van der Waals surface area contributed by atoms with Crippen LogP contribution in [0.15, 0.2) is 30.5 Å². The Morgan fingerprint density at radius 3 is 2.90 bits per heavy atom. The summed E-state index contributed by atoms with van der Waals surface area (Å²) < 4.78 is 0. The SMILES string of the molecule is O=C(O)[C@H]1CCCCN1C(=O)c1cccc2[nH]ccc12. The van der Waals surface area contributed by atoms with Gasteiger partial charge in [0, 0.05) is 29.2 Å². The number of carbonyl (C=O) groups excluding carboxylic acids is 1. The number of aliphatic carboxylic acids is 1. The maximum atomic E-state index is 12.7. The normalized spacial score (nSPS) is 19.2. The zero-order valence-corrected chi connectivity index (χ0v) is 11.0. The Morgan fingerprint density at radius 1 is 1.25 bits per heavy atom. The summed E-state index contributed by atoms with van der Waals surface area (Å²) >= 11 is 0. The van der Waals surface area contributed by atoms with Crippen LogP contribution in [0.1, 0.15) is 29.6 Å². The van der Waals surface area contributed by atoms with Gasteiger partial charge in [0.25, 0.3) is 5.91 Å². The molecule has 0 bridgehead atoms. The fraction of sp³-hybridized carbons (Fsp3) is 0.333. The molecule has 1 fully saturated rings. The second-order valence-corrected chi connectivity index (χ2v) is 5.09. The van der Waals surface area contributed by atoms with Gasteiger partial charge in [-0.3, -0.25) is 4.79 Å². The lowest BCUT2D eigenvalue weighted by Gasteiger charge is -2.33. The monoisotopic (exact) mass is 272 g/mol. The van der Waals surface area contributed by atoms with Crippen molar-refractivity contribution in [3.63, 3.8) is 0 Å². The quantitative estimate of drug-likeness (QED) is 0.880. The predicted octanol–water partition coefficient (Wildman–Crippen LogP) is 2.25. The minimum absolute atomic E-state index is 0.192. The van der Waals surface area contributed by atoms with Gasteiger partial charge in [0.05, 0.1) is 0 Å². The molecule has 1 aromatic heterocycles. The van der Waals surface area contributed by atoms with Crippen LogP contribution < -0.4 is 0 Å². The maximum absolute atomic E-state index is 12.7. The molecule has 1 amide bonds. The number of nitrogens with one attached hydrogen (secondary N) is 1. The second-order valence-electron chi connectivity index (χ2n) is 5.09. The van der Waals surface area contributed by atoms with Crippen molar-refractivity contribution in [2.75, 3.05) is 6.54 Å². The molecule has 20 heavy (non-hydrogen) atoms. The number of carboxylic acids is 1. The van der Waals surface area contributed by atoms with Crippen molar-refractivity contribution in [3.8, 4) is 0 Å². The van der Waals surface area contributed by atoms with Crippen molar-refractivity contribution in [1.82, 2.24) is 9.88 Å². The number of amides is 1. The fourth-order valence-electron chi connectivity index (χ4n) is 2.86. The Kier molecular flexibility index (Phi) is 3.18. The third kappa shape index (κ3) is 2.05. The predicted molar refractivity (Wildman–Crippen MR) is 74.6 cm³/mol. The number of aromatic nitrogens is 1. The molecule has 3 rings (SSSR count). The summed E-state index contributed by atoms with van der Waals surface area (Å²) in [5.74, 6) is -1.11. The first-order valence-corrected chi connectivity index (χ1v) is 6.78. The highest BCUT2D eigenvalue weighted by Gasteiger charge is 2.32. The molecular formula is C15H16N2O3. The van der Waals surface area contributed by atoms with Crippen molar-refractivity contribution in [2.45, 2.75) is 25.3 Å². The maximum Gasteiger partial charge on any atom is 0.326 e. The molecule has 5 nitrogen and oxygen atoms in total. The molecule has 1 atom stereocenters. The molecule has 1 aliphatic heterocycles. The first-order valence-electron chi connectivity index (χ1n) is 6.78. The lowest BCUT2D eigenvalue weighted by atomic mass is 10.00. The summed E-state index contributed by atoms with van der Waals surface area (Å²) in [7, 11) is 0. The van der Waals surface area contributed by atoms with Crippen molar-refractivity contribution < 1.29 is 14.7 Å². The average Bonchev–Trinajstić information content (AvgIpc) is 2.94. The number of piperidine rings is 1. The molecule has 0 saturated carbocycles. The first-order chi connectivity index (χ1) is 9.68. The lowest BCUT2D eigenvalue weighted by molar-refractivity contribution is -0.143. The van der Waals surface area contributed by atoms with Crippen LogP contribution in [0.2, 0.25) is 0 Å². The highest BCUT2D eigenvalue weighted by atomic mass is 16.4. The summed E-state index contributed by atoms with van der Waals surface area (Å²) in [6, 6.07) is 6.61. The van der Waals surface area contributed by atoms with Gasteiger partial charge < -0.3 is 15.0 Å². The van der Waals surface area contributed by atoms with Gasteiger partial charge in [-0.05, 0) is 37.5 Å². The standard InChI is InChI=1S/C15H16N2O3/c18-14(17-9-2-1-6-13(17)15(19)20)11-4-3-5-12-10(11)7-8-16-12/h3-5,7-8,13,16H,1-2,6,9H2,(H,19,20)/t13-/m1/s1. The lowest BCUT2D eigenvalue weighted by Crippen LogP contribution is -2.48. The summed E-state index contributed by atoms with van der Waals surface area (Å²) in [5.41, 5.74) is 1.46. The number of hydrogen-bond acceptors (Lipinski definition) is 2. The Labute approximate surface area is 116 Å². The second kappa shape index (κ2) is 5.00. The van der Waals surface area contributed by atoms with E-state index < -0.39 is 12.0 Å². The molecule has 0 aliphatic carbocycles. The van der Waals surface area contributed by atoms with E-state index in [1.165, 1.54) is 4.90 Å². The molecule has 1 saturated heterocycles. The molecule has 0 unspecified atom stereocenters. The van der Waals surface area contributed by atoms with Crippen LogP contribution in [0.5, 0.6) is 0 Å². The molecule has 2 heterocycles. The topological polar surface area (TPSA) is 73.4 Å². The van der Waals surface area contributed by atoms with E-state index in [4.69, 9.17) is 0 Å². The number of aromatic amines is 1. The number of carboxylic acid groups (broad SMARTS) is 1. The van der Waals surface area contributed by atoms with Gasteiger partial charge >= 0.3 is 5.97 Å². The molecule has 0 radical (unpaired) electrons. The molecule has 5 heteroatoms. The van der Waals surface area contributed by atoms with Crippen LogP contribution in [0.3, 0.4) is 0 Å². The number of rotatable bonds is 2. The molecule has 0 spiro atoms. The van der Waals surface area contributed by atoms with E-state index in [-0.39, 0.29) is 5.91 Å². The van der Waals surface area contributed by atoms with Crippen LogP contribution in [0.4, 0.5) is 0 Å². The number of nitrogens with zero attached hydrogens (tertiary/aromatic N) is 1. The van der Waals surface area contributed by atoms with E-state index in [2.05, 4.69) is 4.98 Å². The van der Waals surface area contributed by atoms with Crippen molar-refractivity contribution in [3.05, 3.63) is 36.0 Å². The Morgan fingerprint density at radius 2 is 2.10 bits per heavy atom. The zero-order chi connectivity index (χ0) is 14.1. The van der Waals surface area contributed by atoms with Crippen LogP contribution >= 0.6 is 0 Å². The highest BCUT2D eigenvalue weighted by Crippen LogP contribution is 2.24. The third-order valence-corrected chi connectivity index (χ3v) is 3.87. The molecular weight excluding hydrogens is 256 g/mol. The van der Waals surface area contributed by atoms with Gasteiger partial charge in [-0.1, -0.05) is 6.07 Å². The molecule has 104 valence electrons. The van der Waals surface area contributed by atoms with Gasteiger partial charge in [-0.2, -0.15) is 0 Å². The molecule has 1 aromatic carbocycles. The fourth-order valence-corrected chi connectivity index (χ4v) is 2.86. The third-order valence-electron chi connectivity index (χ3n) is 3.87. The van der Waals surface area contributed by atoms with Crippen molar-refractivity contribution >= 4 is 22.8 Å². The molecule has 1 aliphatic rings. The summed E-state index contributed by atoms with van der Waals surface area (Å²) in [6.45, 7) is 0.511. The Hall–Kier alpha value is -2.30. The average molecular weight is 272 g/mol. The minimum atomic E-state index is -0.917. The Balaban J connectivity index is 1.98. The van der Waals surface area contributed by atoms with E-state index >= 15 is 0 Å². The summed E-state index contributed by atoms with van der Waals surface area (Å²) in [5, 5.41) is 10.1. The number of hydrogen-bond donors (Lipinski definition) is 2. The van der Waals surface area contributed by atoms with E-state index in [9.17, 15) is 14.7 Å². The van der Waals surface area contributed by atoms with Gasteiger partial charge in [0.1, 0.15) is 6.04 Å². The van der Waals surface area contributed by atoms with Crippen molar-refractivity contribution in [2.24, 2.45) is 0 Å². The van der Waals surface area contributed by atoms with Gasteiger partial charge in [0.15, 0.2) is 0 Å². The van der Waals surface area contributed by atoms with Gasteiger partial charge in [0.2, 0.25) is 0 Å². The number of benzene rings is 1. The number of fused-ring (bicyclic) bond motifs is 1. The summed E-state index contributed by atoms with van der Waals surface area (Å²) in [6.07, 6.45) is 4.03. The largest absolute Gasteiger partial charge is 0.480 e. The molecule has 2 N–H and O–H groups in total. The van der Waals surface area contributed by atoms with Crippen LogP contribution in [0.25, 0.3) is 10.9 Å². The van der Waals surface area contributed by atoms with E-state index in [0.29, 0.717) is 18.5 Å². The number of H-pyrrole nitrogens is 1. The Bertz CT molecular complexity index is 662. The van der Waals surface area contributed by atoms with Crippen LogP contribution in [-0.4, -0.2) is 39.5 Å². The minimum Gasteiger partial charge on any atom is -0.480 e.